The molecule has 0 aliphatic heterocycles. The largest absolute Gasteiger partial charge is 0.310 e. The summed E-state index contributed by atoms with van der Waals surface area (Å²) >= 11 is 0. The summed E-state index contributed by atoms with van der Waals surface area (Å²) in [6, 6.07) is 4.09. The maximum atomic E-state index is 13.6. The lowest BCUT2D eigenvalue weighted by atomic mass is 10.2. The van der Waals surface area contributed by atoms with Gasteiger partial charge in [0, 0.05) is 12.6 Å². The standard InChI is InChI=1S/C12H15F3N2O2S/c13-10-4-1-8(6-16-9-2-3-9)5-11(10)20(18,19)17-7-12(14)15/h1,4-5,9,12,16-17H,2-3,6-7H2. The van der Waals surface area contributed by atoms with E-state index in [1.54, 1.807) is 4.72 Å². The second-order valence-corrected chi connectivity index (χ2v) is 6.40. The molecule has 4 nitrogen and oxygen atoms in total. The Bertz CT molecular complexity index is 574. The molecule has 8 heteroatoms. The number of benzene rings is 1. The van der Waals surface area contributed by atoms with E-state index in [0.29, 0.717) is 18.2 Å². The highest BCUT2D eigenvalue weighted by Crippen LogP contribution is 2.21. The Balaban J connectivity index is 2.13. The molecule has 0 bridgehead atoms. The number of hydrogen-bond donors (Lipinski definition) is 2. The Morgan fingerprint density at radius 1 is 1.30 bits per heavy atom. The minimum Gasteiger partial charge on any atom is -0.310 e. The third kappa shape index (κ3) is 4.19. The summed E-state index contributed by atoms with van der Waals surface area (Å²) in [6.45, 7) is -0.616. The van der Waals surface area contributed by atoms with Crippen LogP contribution in [0.2, 0.25) is 0 Å². The lowest BCUT2D eigenvalue weighted by molar-refractivity contribution is 0.153. The monoisotopic (exact) mass is 308 g/mol. The molecule has 1 aromatic carbocycles. The summed E-state index contributed by atoms with van der Waals surface area (Å²) in [7, 11) is -4.26. The molecule has 1 fully saturated rings. The Morgan fingerprint density at radius 2 is 2.00 bits per heavy atom. The predicted octanol–water partition coefficient (Wildman–Crippen LogP) is 1.62. The van der Waals surface area contributed by atoms with Gasteiger partial charge in [0.2, 0.25) is 10.0 Å². The van der Waals surface area contributed by atoms with Crippen molar-refractivity contribution < 1.29 is 21.6 Å². The molecule has 112 valence electrons. The minimum atomic E-state index is -4.26. The first-order valence-electron chi connectivity index (χ1n) is 6.18. The van der Waals surface area contributed by atoms with Crippen molar-refractivity contribution in [2.24, 2.45) is 0 Å². The molecule has 0 unspecified atom stereocenters. The first-order valence-corrected chi connectivity index (χ1v) is 7.66. The number of sulfonamides is 1. The Morgan fingerprint density at radius 3 is 2.60 bits per heavy atom. The highest BCUT2D eigenvalue weighted by Gasteiger charge is 2.22. The third-order valence-electron chi connectivity index (χ3n) is 2.88. The van der Waals surface area contributed by atoms with Gasteiger partial charge < -0.3 is 5.32 Å². The third-order valence-corrected chi connectivity index (χ3v) is 4.32. The van der Waals surface area contributed by atoms with Crippen molar-refractivity contribution >= 4 is 10.0 Å². The molecule has 0 atom stereocenters. The van der Waals surface area contributed by atoms with Crippen LogP contribution in [0.3, 0.4) is 0 Å². The number of halogens is 3. The zero-order chi connectivity index (χ0) is 14.8. The van der Waals surface area contributed by atoms with Crippen LogP contribution < -0.4 is 10.0 Å². The Labute approximate surface area is 115 Å². The van der Waals surface area contributed by atoms with Crippen LogP contribution in [0.5, 0.6) is 0 Å². The molecule has 0 aromatic heterocycles. The van der Waals surface area contributed by atoms with Gasteiger partial charge in [0.25, 0.3) is 6.43 Å². The average molecular weight is 308 g/mol. The lowest BCUT2D eigenvalue weighted by Gasteiger charge is -2.09. The zero-order valence-corrected chi connectivity index (χ0v) is 11.4. The van der Waals surface area contributed by atoms with Gasteiger partial charge in [-0.3, -0.25) is 0 Å². The summed E-state index contributed by atoms with van der Waals surface area (Å²) < 4.78 is 62.9. The highest BCUT2D eigenvalue weighted by atomic mass is 32.2. The van der Waals surface area contributed by atoms with Crippen molar-refractivity contribution in [3.05, 3.63) is 29.6 Å². The van der Waals surface area contributed by atoms with E-state index in [1.807, 2.05) is 0 Å². The van der Waals surface area contributed by atoms with E-state index in [2.05, 4.69) is 5.32 Å². The van der Waals surface area contributed by atoms with Crippen LogP contribution in [0, 0.1) is 5.82 Å². The van der Waals surface area contributed by atoms with E-state index in [9.17, 15) is 21.6 Å². The van der Waals surface area contributed by atoms with Crippen LogP contribution in [0.15, 0.2) is 23.1 Å². The van der Waals surface area contributed by atoms with E-state index in [-0.39, 0.29) is 0 Å². The maximum absolute atomic E-state index is 13.6. The normalized spacial score (nSPS) is 15.8. The molecule has 2 N–H and O–H groups in total. The molecule has 1 aliphatic carbocycles. The van der Waals surface area contributed by atoms with Gasteiger partial charge in [0.1, 0.15) is 10.7 Å². The number of nitrogens with one attached hydrogen (secondary N) is 2. The summed E-state index contributed by atoms with van der Waals surface area (Å²) in [6.07, 6.45) is -0.683. The van der Waals surface area contributed by atoms with Crippen molar-refractivity contribution in [3.8, 4) is 0 Å². The van der Waals surface area contributed by atoms with Crippen molar-refractivity contribution in [1.29, 1.82) is 0 Å². The van der Waals surface area contributed by atoms with Crippen molar-refractivity contribution in [1.82, 2.24) is 10.0 Å². The summed E-state index contributed by atoms with van der Waals surface area (Å²) in [5.41, 5.74) is 0.593. The lowest BCUT2D eigenvalue weighted by Crippen LogP contribution is -2.29. The summed E-state index contributed by atoms with van der Waals surface area (Å²) in [5, 5.41) is 3.16. The van der Waals surface area contributed by atoms with Crippen LogP contribution in [-0.2, 0) is 16.6 Å². The Hall–Kier alpha value is -1.12. The van der Waals surface area contributed by atoms with Gasteiger partial charge in [-0.1, -0.05) is 6.07 Å². The first-order chi connectivity index (χ1) is 9.38. The van der Waals surface area contributed by atoms with Gasteiger partial charge in [-0.2, -0.15) is 0 Å². The molecule has 1 aliphatic rings. The van der Waals surface area contributed by atoms with E-state index in [4.69, 9.17) is 0 Å². The fourth-order valence-corrected chi connectivity index (χ4v) is 2.80. The molecule has 2 rings (SSSR count). The highest BCUT2D eigenvalue weighted by molar-refractivity contribution is 7.89. The zero-order valence-electron chi connectivity index (χ0n) is 10.6. The van der Waals surface area contributed by atoms with Crippen molar-refractivity contribution in [3.63, 3.8) is 0 Å². The van der Waals surface area contributed by atoms with Gasteiger partial charge in [0.15, 0.2) is 0 Å². The van der Waals surface area contributed by atoms with Crippen molar-refractivity contribution in [2.75, 3.05) is 6.54 Å². The SMILES string of the molecule is O=S(=O)(NCC(F)F)c1cc(CNC2CC2)ccc1F. The van der Waals surface area contributed by atoms with Gasteiger partial charge in [-0.15, -0.1) is 0 Å². The molecular weight excluding hydrogens is 293 g/mol. The molecular formula is C12H15F3N2O2S. The maximum Gasteiger partial charge on any atom is 0.251 e. The summed E-state index contributed by atoms with van der Waals surface area (Å²) in [4.78, 5) is -0.603. The van der Waals surface area contributed by atoms with Crippen molar-refractivity contribution in [2.45, 2.75) is 36.7 Å². The topological polar surface area (TPSA) is 58.2 Å². The first kappa shape index (κ1) is 15.3. The molecule has 0 heterocycles. The van der Waals surface area contributed by atoms with Crippen LogP contribution in [0.25, 0.3) is 0 Å². The molecule has 0 radical (unpaired) electrons. The average Bonchev–Trinajstić information content (AvgIpc) is 3.19. The van der Waals surface area contributed by atoms with Crippen LogP contribution >= 0.6 is 0 Å². The smallest absolute Gasteiger partial charge is 0.251 e. The van der Waals surface area contributed by atoms with E-state index in [0.717, 1.165) is 18.9 Å². The van der Waals surface area contributed by atoms with Crippen LogP contribution in [-0.4, -0.2) is 27.4 Å². The van der Waals surface area contributed by atoms with Gasteiger partial charge in [-0.25, -0.2) is 26.3 Å². The molecule has 1 aromatic rings. The molecule has 0 amide bonds. The van der Waals surface area contributed by atoms with E-state index >= 15 is 0 Å². The molecule has 1 saturated carbocycles. The fraction of sp³-hybridized carbons (Fsp3) is 0.500. The number of alkyl halides is 2. The van der Waals surface area contributed by atoms with E-state index < -0.39 is 33.7 Å². The quantitative estimate of drug-likeness (QED) is 0.805. The van der Waals surface area contributed by atoms with Gasteiger partial charge >= 0.3 is 0 Å². The predicted molar refractivity (Wildman–Crippen MR) is 67.5 cm³/mol. The van der Waals surface area contributed by atoms with Crippen LogP contribution in [0.1, 0.15) is 18.4 Å². The summed E-state index contributed by atoms with van der Waals surface area (Å²) in [5.74, 6) is -0.957. The minimum absolute atomic E-state index is 0.419. The number of rotatable bonds is 7. The fourth-order valence-electron chi connectivity index (χ4n) is 1.66. The second kappa shape index (κ2) is 6.11. The molecule has 0 spiro atoms. The Kier molecular flexibility index (Phi) is 4.66. The van der Waals surface area contributed by atoms with E-state index in [1.165, 1.54) is 12.1 Å². The number of hydrogen-bond acceptors (Lipinski definition) is 3. The molecule has 20 heavy (non-hydrogen) atoms. The van der Waals surface area contributed by atoms with Gasteiger partial charge in [-0.05, 0) is 30.5 Å². The molecule has 0 saturated heterocycles. The van der Waals surface area contributed by atoms with Crippen LogP contribution in [0.4, 0.5) is 13.2 Å². The van der Waals surface area contributed by atoms with Gasteiger partial charge in [0.05, 0.1) is 6.54 Å². The second-order valence-electron chi connectivity index (χ2n) is 4.66.